The fraction of sp³-hybridized carbons (Fsp3) is 0.235. The minimum atomic E-state index is -0.897. The van der Waals surface area contributed by atoms with Crippen LogP contribution in [0.3, 0.4) is 0 Å². The van der Waals surface area contributed by atoms with Crippen LogP contribution in [0, 0.1) is 13.8 Å². The van der Waals surface area contributed by atoms with Gasteiger partial charge in [-0.1, -0.05) is 24.3 Å². The molecule has 2 aromatic rings. The SMILES string of the molecule is CCOc1ccc(-c2cccc(C)c2C(=O)O)c(C)c1. The highest BCUT2D eigenvalue weighted by molar-refractivity contribution is 5.98. The van der Waals surface area contributed by atoms with Crippen LogP contribution >= 0.6 is 0 Å². The normalized spacial score (nSPS) is 10.3. The molecule has 0 aliphatic carbocycles. The monoisotopic (exact) mass is 270 g/mol. The summed E-state index contributed by atoms with van der Waals surface area (Å²) in [5.41, 5.74) is 3.81. The Morgan fingerprint density at radius 1 is 1.10 bits per heavy atom. The Labute approximate surface area is 118 Å². The predicted molar refractivity (Wildman–Crippen MR) is 79.5 cm³/mol. The Bertz CT molecular complexity index is 645. The van der Waals surface area contributed by atoms with Gasteiger partial charge in [0.15, 0.2) is 0 Å². The number of aromatic carboxylic acids is 1. The number of benzene rings is 2. The highest BCUT2D eigenvalue weighted by Gasteiger charge is 2.15. The summed E-state index contributed by atoms with van der Waals surface area (Å²) in [4.78, 5) is 11.5. The van der Waals surface area contributed by atoms with Crippen LogP contribution in [-0.4, -0.2) is 17.7 Å². The summed E-state index contributed by atoms with van der Waals surface area (Å²) in [5, 5.41) is 9.41. The number of ether oxygens (including phenoxy) is 1. The lowest BCUT2D eigenvalue weighted by atomic mass is 9.93. The zero-order valence-corrected chi connectivity index (χ0v) is 11.9. The topological polar surface area (TPSA) is 46.5 Å². The van der Waals surface area contributed by atoms with Gasteiger partial charge in [0, 0.05) is 0 Å². The van der Waals surface area contributed by atoms with E-state index in [0.29, 0.717) is 12.2 Å². The summed E-state index contributed by atoms with van der Waals surface area (Å²) in [6, 6.07) is 11.3. The molecule has 0 atom stereocenters. The molecule has 104 valence electrons. The van der Waals surface area contributed by atoms with Crippen molar-refractivity contribution in [3.63, 3.8) is 0 Å². The van der Waals surface area contributed by atoms with Crippen molar-refractivity contribution in [2.24, 2.45) is 0 Å². The number of carboxylic acids is 1. The number of aryl methyl sites for hydroxylation is 2. The molecule has 0 radical (unpaired) electrons. The molecule has 0 aliphatic rings. The van der Waals surface area contributed by atoms with Gasteiger partial charge in [0.2, 0.25) is 0 Å². The largest absolute Gasteiger partial charge is 0.494 e. The summed E-state index contributed by atoms with van der Waals surface area (Å²) in [6.45, 7) is 6.33. The summed E-state index contributed by atoms with van der Waals surface area (Å²) >= 11 is 0. The molecule has 0 aromatic heterocycles. The fourth-order valence-corrected chi connectivity index (χ4v) is 2.37. The third kappa shape index (κ3) is 2.67. The van der Waals surface area contributed by atoms with Gasteiger partial charge in [-0.15, -0.1) is 0 Å². The first-order valence-electron chi connectivity index (χ1n) is 6.61. The Balaban J connectivity index is 2.57. The summed E-state index contributed by atoms with van der Waals surface area (Å²) in [6.07, 6.45) is 0. The second kappa shape index (κ2) is 5.78. The van der Waals surface area contributed by atoms with E-state index in [1.165, 1.54) is 0 Å². The van der Waals surface area contributed by atoms with Crippen LogP contribution in [0.5, 0.6) is 5.75 Å². The van der Waals surface area contributed by atoms with E-state index in [4.69, 9.17) is 4.74 Å². The third-order valence-electron chi connectivity index (χ3n) is 3.29. The lowest BCUT2D eigenvalue weighted by Gasteiger charge is -2.13. The van der Waals surface area contributed by atoms with Crippen molar-refractivity contribution in [3.8, 4) is 16.9 Å². The van der Waals surface area contributed by atoms with Gasteiger partial charge < -0.3 is 9.84 Å². The van der Waals surface area contributed by atoms with Crippen molar-refractivity contribution in [2.75, 3.05) is 6.61 Å². The number of hydrogen-bond donors (Lipinski definition) is 1. The second-order valence-corrected chi connectivity index (χ2v) is 4.71. The van der Waals surface area contributed by atoms with Gasteiger partial charge in [0.1, 0.15) is 5.75 Å². The molecule has 1 N–H and O–H groups in total. The smallest absolute Gasteiger partial charge is 0.336 e. The highest BCUT2D eigenvalue weighted by Crippen LogP contribution is 2.31. The van der Waals surface area contributed by atoms with Crippen molar-refractivity contribution < 1.29 is 14.6 Å². The number of rotatable bonds is 4. The van der Waals surface area contributed by atoms with Gasteiger partial charge in [0.05, 0.1) is 12.2 Å². The van der Waals surface area contributed by atoms with Gasteiger partial charge in [-0.3, -0.25) is 0 Å². The molecule has 0 spiro atoms. The van der Waals surface area contributed by atoms with E-state index in [-0.39, 0.29) is 0 Å². The van der Waals surface area contributed by atoms with E-state index < -0.39 is 5.97 Å². The second-order valence-electron chi connectivity index (χ2n) is 4.71. The Morgan fingerprint density at radius 2 is 1.85 bits per heavy atom. The Hall–Kier alpha value is -2.29. The summed E-state index contributed by atoms with van der Waals surface area (Å²) in [5.74, 6) is -0.0929. The Morgan fingerprint density at radius 3 is 2.45 bits per heavy atom. The molecule has 0 aliphatic heterocycles. The lowest BCUT2D eigenvalue weighted by molar-refractivity contribution is 0.0697. The van der Waals surface area contributed by atoms with Gasteiger partial charge in [-0.2, -0.15) is 0 Å². The average Bonchev–Trinajstić information content (AvgIpc) is 2.38. The maximum absolute atomic E-state index is 11.5. The van der Waals surface area contributed by atoms with E-state index >= 15 is 0 Å². The van der Waals surface area contributed by atoms with Crippen molar-refractivity contribution in [3.05, 3.63) is 53.1 Å². The number of carboxylic acid groups (broad SMARTS) is 1. The number of hydrogen-bond acceptors (Lipinski definition) is 2. The standard InChI is InChI=1S/C17H18O3/c1-4-20-13-8-9-14(12(3)10-13)15-7-5-6-11(2)16(15)17(18)19/h5-10H,4H2,1-3H3,(H,18,19). The van der Waals surface area contributed by atoms with Crippen LogP contribution in [0.2, 0.25) is 0 Å². The van der Waals surface area contributed by atoms with E-state index in [0.717, 1.165) is 28.0 Å². The molecule has 3 heteroatoms. The minimum absolute atomic E-state index is 0.361. The van der Waals surface area contributed by atoms with E-state index in [1.54, 1.807) is 0 Å². The molecule has 3 nitrogen and oxygen atoms in total. The quantitative estimate of drug-likeness (QED) is 0.911. The van der Waals surface area contributed by atoms with E-state index in [9.17, 15) is 9.90 Å². The first-order valence-corrected chi connectivity index (χ1v) is 6.61. The molecule has 0 unspecified atom stereocenters. The zero-order valence-electron chi connectivity index (χ0n) is 11.9. The maximum Gasteiger partial charge on any atom is 0.336 e. The fourth-order valence-electron chi connectivity index (χ4n) is 2.37. The molecular formula is C17H18O3. The van der Waals surface area contributed by atoms with Gasteiger partial charge in [-0.25, -0.2) is 4.79 Å². The molecule has 2 rings (SSSR count). The van der Waals surface area contributed by atoms with Crippen LogP contribution in [0.15, 0.2) is 36.4 Å². The van der Waals surface area contributed by atoms with Crippen molar-refractivity contribution in [1.29, 1.82) is 0 Å². The molecule has 2 aromatic carbocycles. The lowest BCUT2D eigenvalue weighted by Crippen LogP contribution is -2.03. The van der Waals surface area contributed by atoms with Gasteiger partial charge in [0.25, 0.3) is 0 Å². The van der Waals surface area contributed by atoms with E-state index in [1.807, 2.05) is 57.2 Å². The van der Waals surface area contributed by atoms with Crippen LogP contribution in [0.1, 0.15) is 28.4 Å². The zero-order chi connectivity index (χ0) is 14.7. The molecule has 0 saturated carbocycles. The van der Waals surface area contributed by atoms with Crippen molar-refractivity contribution in [2.45, 2.75) is 20.8 Å². The van der Waals surface area contributed by atoms with Crippen molar-refractivity contribution >= 4 is 5.97 Å². The van der Waals surface area contributed by atoms with Crippen LogP contribution < -0.4 is 4.74 Å². The van der Waals surface area contributed by atoms with Crippen molar-refractivity contribution in [1.82, 2.24) is 0 Å². The van der Waals surface area contributed by atoms with Gasteiger partial charge in [-0.05, 0) is 55.2 Å². The maximum atomic E-state index is 11.5. The van der Waals surface area contributed by atoms with Crippen LogP contribution in [-0.2, 0) is 0 Å². The molecule has 0 amide bonds. The highest BCUT2D eigenvalue weighted by atomic mass is 16.5. The molecule has 0 bridgehead atoms. The van der Waals surface area contributed by atoms with Crippen LogP contribution in [0.25, 0.3) is 11.1 Å². The number of carbonyl (C=O) groups is 1. The predicted octanol–water partition coefficient (Wildman–Crippen LogP) is 4.07. The molecular weight excluding hydrogens is 252 g/mol. The van der Waals surface area contributed by atoms with Crippen LogP contribution in [0.4, 0.5) is 0 Å². The molecule has 20 heavy (non-hydrogen) atoms. The Kier molecular flexibility index (Phi) is 4.08. The van der Waals surface area contributed by atoms with E-state index in [2.05, 4.69) is 0 Å². The first kappa shape index (κ1) is 14.1. The molecule has 0 heterocycles. The first-order chi connectivity index (χ1) is 9.54. The third-order valence-corrected chi connectivity index (χ3v) is 3.29. The summed E-state index contributed by atoms with van der Waals surface area (Å²) in [7, 11) is 0. The summed E-state index contributed by atoms with van der Waals surface area (Å²) < 4.78 is 5.46. The average molecular weight is 270 g/mol. The van der Waals surface area contributed by atoms with Gasteiger partial charge >= 0.3 is 5.97 Å². The minimum Gasteiger partial charge on any atom is -0.494 e. The molecule has 0 saturated heterocycles. The molecule has 0 fully saturated rings.